The highest BCUT2D eigenvalue weighted by molar-refractivity contribution is 7.16. The highest BCUT2D eigenvalue weighted by Gasteiger charge is 2.16. The molecule has 0 aliphatic heterocycles. The second kappa shape index (κ2) is 4.70. The van der Waals surface area contributed by atoms with E-state index in [0.29, 0.717) is 5.92 Å². The molecule has 0 aliphatic rings. The van der Waals surface area contributed by atoms with E-state index in [2.05, 4.69) is 57.9 Å². The molecule has 0 unspecified atom stereocenters. The molecular weight excluding hydrogens is 266 g/mol. The van der Waals surface area contributed by atoms with Crippen molar-refractivity contribution < 1.29 is 0 Å². The highest BCUT2D eigenvalue weighted by atomic mass is 32.1. The van der Waals surface area contributed by atoms with Crippen molar-refractivity contribution in [3.8, 4) is 11.3 Å². The van der Waals surface area contributed by atoms with Crippen molar-refractivity contribution in [2.75, 3.05) is 0 Å². The number of imidazole rings is 1. The van der Waals surface area contributed by atoms with Gasteiger partial charge in [0.25, 0.3) is 0 Å². The van der Waals surface area contributed by atoms with Crippen molar-refractivity contribution >= 4 is 16.3 Å². The monoisotopic (exact) mass is 285 g/mol. The molecule has 0 saturated heterocycles. The predicted octanol–water partition coefficient (Wildman–Crippen LogP) is 4.51. The van der Waals surface area contributed by atoms with E-state index < -0.39 is 0 Å². The van der Waals surface area contributed by atoms with E-state index in [0.717, 1.165) is 21.4 Å². The number of fused-ring (bicyclic) bond motifs is 1. The minimum Gasteiger partial charge on any atom is -0.217 e. The zero-order valence-electron chi connectivity index (χ0n) is 12.6. The Morgan fingerprint density at radius 3 is 2.45 bits per heavy atom. The maximum atomic E-state index is 4.78. The van der Waals surface area contributed by atoms with Crippen LogP contribution in [0.25, 0.3) is 16.2 Å². The Morgan fingerprint density at radius 2 is 1.85 bits per heavy atom. The first-order valence-electron chi connectivity index (χ1n) is 6.91. The zero-order valence-corrected chi connectivity index (χ0v) is 13.4. The molecule has 4 heteroatoms. The van der Waals surface area contributed by atoms with Crippen LogP contribution in [0.1, 0.15) is 41.6 Å². The van der Waals surface area contributed by atoms with Gasteiger partial charge in [-0.05, 0) is 38.0 Å². The predicted molar refractivity (Wildman–Crippen MR) is 84.6 cm³/mol. The van der Waals surface area contributed by atoms with Gasteiger partial charge in [0.05, 0.1) is 11.4 Å². The largest absolute Gasteiger partial charge is 0.217 e. The number of hydrogen-bond acceptors (Lipinski definition) is 3. The van der Waals surface area contributed by atoms with Crippen molar-refractivity contribution in [3.63, 3.8) is 0 Å². The van der Waals surface area contributed by atoms with E-state index in [-0.39, 0.29) is 0 Å². The molecule has 0 aliphatic carbocycles. The van der Waals surface area contributed by atoms with Crippen LogP contribution in [-0.4, -0.2) is 14.6 Å². The molecule has 20 heavy (non-hydrogen) atoms. The molecule has 0 amide bonds. The smallest absolute Gasteiger partial charge is 0.212 e. The van der Waals surface area contributed by atoms with Crippen LogP contribution in [0.4, 0.5) is 0 Å². The first kappa shape index (κ1) is 13.3. The van der Waals surface area contributed by atoms with Crippen molar-refractivity contribution in [1.29, 1.82) is 0 Å². The molecule has 0 atom stereocenters. The molecule has 0 spiro atoms. The summed E-state index contributed by atoms with van der Waals surface area (Å²) < 4.78 is 1.98. The molecular formula is C16H19N3S. The Bertz CT molecular complexity index is 780. The van der Waals surface area contributed by atoms with Gasteiger partial charge in [0.2, 0.25) is 4.96 Å². The number of rotatable bonds is 2. The van der Waals surface area contributed by atoms with Crippen LogP contribution < -0.4 is 0 Å². The summed E-state index contributed by atoms with van der Waals surface area (Å²) in [7, 11) is 0. The fourth-order valence-corrected chi connectivity index (χ4v) is 3.21. The summed E-state index contributed by atoms with van der Waals surface area (Å²) in [6.45, 7) is 10.7. The number of hydrogen-bond donors (Lipinski definition) is 0. The average Bonchev–Trinajstić information content (AvgIpc) is 2.93. The Morgan fingerprint density at radius 1 is 1.10 bits per heavy atom. The molecule has 104 valence electrons. The Balaban J connectivity index is 2.14. The fraction of sp³-hybridized carbons (Fsp3) is 0.375. The lowest BCUT2D eigenvalue weighted by atomic mass is 10.0. The minimum atomic E-state index is 0.450. The van der Waals surface area contributed by atoms with E-state index >= 15 is 0 Å². The summed E-state index contributed by atoms with van der Waals surface area (Å²) >= 11 is 1.68. The normalized spacial score (nSPS) is 11.7. The topological polar surface area (TPSA) is 30.2 Å². The van der Waals surface area contributed by atoms with Crippen LogP contribution in [0.15, 0.2) is 18.2 Å². The Hall–Kier alpha value is -1.68. The Labute approximate surface area is 123 Å². The molecule has 2 heterocycles. The maximum Gasteiger partial charge on any atom is 0.212 e. The zero-order chi connectivity index (χ0) is 14.4. The van der Waals surface area contributed by atoms with Gasteiger partial charge in [0.15, 0.2) is 0 Å². The van der Waals surface area contributed by atoms with Crippen LogP contribution in [0.3, 0.4) is 0 Å². The summed E-state index contributed by atoms with van der Waals surface area (Å²) in [6, 6.07) is 6.51. The minimum absolute atomic E-state index is 0.450. The second-order valence-electron chi connectivity index (χ2n) is 5.63. The van der Waals surface area contributed by atoms with Gasteiger partial charge in [0, 0.05) is 11.5 Å². The van der Waals surface area contributed by atoms with Gasteiger partial charge in [-0.1, -0.05) is 37.3 Å². The van der Waals surface area contributed by atoms with Crippen LogP contribution in [0.5, 0.6) is 0 Å². The molecule has 0 saturated carbocycles. The van der Waals surface area contributed by atoms with Gasteiger partial charge in [-0.2, -0.15) is 5.10 Å². The molecule has 3 aromatic rings. The average molecular weight is 285 g/mol. The molecule has 3 rings (SSSR count). The number of benzene rings is 1. The molecule has 0 radical (unpaired) electrons. The molecule has 3 nitrogen and oxygen atoms in total. The fourth-order valence-electron chi connectivity index (χ4n) is 2.26. The third-order valence-corrected chi connectivity index (χ3v) is 4.93. The van der Waals surface area contributed by atoms with Crippen LogP contribution in [0, 0.1) is 20.8 Å². The maximum absolute atomic E-state index is 4.78. The van der Waals surface area contributed by atoms with E-state index in [1.54, 1.807) is 11.3 Å². The lowest BCUT2D eigenvalue weighted by Crippen LogP contribution is -1.93. The lowest BCUT2D eigenvalue weighted by Gasteiger charge is -2.04. The first-order valence-corrected chi connectivity index (χ1v) is 7.72. The SMILES string of the molecule is Cc1ccc(-c2nc3sc(C(C)C)nn3c2C)cc1C. The van der Waals surface area contributed by atoms with Crippen LogP contribution in [0.2, 0.25) is 0 Å². The summed E-state index contributed by atoms with van der Waals surface area (Å²) in [6.07, 6.45) is 0. The molecule has 0 bridgehead atoms. The van der Waals surface area contributed by atoms with Crippen LogP contribution >= 0.6 is 11.3 Å². The van der Waals surface area contributed by atoms with E-state index in [1.807, 2.05) is 4.52 Å². The van der Waals surface area contributed by atoms with E-state index in [9.17, 15) is 0 Å². The van der Waals surface area contributed by atoms with Crippen molar-refractivity contribution in [2.24, 2.45) is 0 Å². The molecule has 0 N–H and O–H groups in total. The number of aryl methyl sites for hydroxylation is 3. The quantitative estimate of drug-likeness (QED) is 0.693. The van der Waals surface area contributed by atoms with Crippen molar-refractivity contribution in [3.05, 3.63) is 40.0 Å². The van der Waals surface area contributed by atoms with Gasteiger partial charge in [-0.3, -0.25) is 0 Å². The van der Waals surface area contributed by atoms with Gasteiger partial charge in [0.1, 0.15) is 5.01 Å². The third-order valence-electron chi connectivity index (χ3n) is 3.72. The van der Waals surface area contributed by atoms with Gasteiger partial charge in [-0.25, -0.2) is 9.50 Å². The van der Waals surface area contributed by atoms with E-state index in [1.165, 1.54) is 16.7 Å². The second-order valence-corrected chi connectivity index (χ2v) is 6.62. The number of nitrogens with zero attached hydrogens (tertiary/aromatic N) is 3. The van der Waals surface area contributed by atoms with Crippen molar-refractivity contribution in [2.45, 2.75) is 40.5 Å². The van der Waals surface area contributed by atoms with Crippen LogP contribution in [-0.2, 0) is 0 Å². The lowest BCUT2D eigenvalue weighted by molar-refractivity contribution is 0.793. The van der Waals surface area contributed by atoms with Gasteiger partial charge >= 0.3 is 0 Å². The van der Waals surface area contributed by atoms with Gasteiger partial charge in [-0.15, -0.1) is 0 Å². The van der Waals surface area contributed by atoms with E-state index in [4.69, 9.17) is 4.98 Å². The molecule has 1 aromatic carbocycles. The number of aromatic nitrogens is 3. The summed E-state index contributed by atoms with van der Waals surface area (Å²) in [5.74, 6) is 0.450. The third kappa shape index (κ3) is 2.04. The summed E-state index contributed by atoms with van der Waals surface area (Å²) in [5, 5.41) is 5.81. The first-order chi connectivity index (χ1) is 9.47. The Kier molecular flexibility index (Phi) is 3.13. The molecule has 0 fully saturated rings. The van der Waals surface area contributed by atoms with Crippen molar-refractivity contribution in [1.82, 2.24) is 14.6 Å². The van der Waals surface area contributed by atoms with Gasteiger partial charge < -0.3 is 0 Å². The standard InChI is InChI=1S/C16H19N3S/c1-9(2)15-18-19-12(5)14(17-16(19)20-15)13-7-6-10(3)11(4)8-13/h6-9H,1-5H3. The summed E-state index contributed by atoms with van der Waals surface area (Å²) in [4.78, 5) is 5.76. The highest BCUT2D eigenvalue weighted by Crippen LogP contribution is 2.29. The molecule has 2 aromatic heterocycles. The summed E-state index contributed by atoms with van der Waals surface area (Å²) in [5.41, 5.74) is 5.95.